The van der Waals surface area contributed by atoms with Gasteiger partial charge in [-0.1, -0.05) is 12.1 Å². The molecule has 0 aliphatic rings. The summed E-state index contributed by atoms with van der Waals surface area (Å²) in [7, 11) is 0. The first-order chi connectivity index (χ1) is 5.74. The predicted molar refractivity (Wildman–Crippen MR) is 53.7 cm³/mol. The lowest BCUT2D eigenvalue weighted by Crippen LogP contribution is -2.08. The molecule has 2 nitrogen and oxygen atoms in total. The maximum atomic E-state index is 5.83. The van der Waals surface area contributed by atoms with Gasteiger partial charge >= 0.3 is 0 Å². The lowest BCUT2D eigenvalue weighted by molar-refractivity contribution is 0.737. The molecule has 0 aliphatic heterocycles. The van der Waals surface area contributed by atoms with Crippen LogP contribution in [0.3, 0.4) is 0 Å². The van der Waals surface area contributed by atoms with Crippen molar-refractivity contribution in [2.24, 2.45) is 5.73 Å². The number of hydrogen-bond acceptors (Lipinski definition) is 2. The molecule has 64 valence electrons. The van der Waals surface area contributed by atoms with E-state index in [9.17, 15) is 0 Å². The highest BCUT2D eigenvalue weighted by Crippen LogP contribution is 2.14. The molecule has 0 amide bonds. The van der Waals surface area contributed by atoms with E-state index in [1.165, 1.54) is 0 Å². The van der Waals surface area contributed by atoms with Crippen molar-refractivity contribution < 1.29 is 0 Å². The fraction of sp³-hybridized carbons (Fsp3) is 0.222. The van der Waals surface area contributed by atoms with Crippen molar-refractivity contribution in [1.29, 1.82) is 0 Å². The van der Waals surface area contributed by atoms with Crippen LogP contribution in [0.15, 0.2) is 35.6 Å². The molecule has 0 aliphatic carbocycles. The summed E-state index contributed by atoms with van der Waals surface area (Å²) < 4.78 is 0.831. The van der Waals surface area contributed by atoms with E-state index < -0.39 is 0 Å². The Morgan fingerprint density at radius 1 is 1.67 bits per heavy atom. The van der Waals surface area contributed by atoms with Crippen molar-refractivity contribution >= 4 is 15.9 Å². The van der Waals surface area contributed by atoms with Gasteiger partial charge in [-0.15, -0.1) is 6.58 Å². The zero-order valence-corrected chi connectivity index (χ0v) is 8.29. The summed E-state index contributed by atoms with van der Waals surface area (Å²) in [5.74, 6) is 0. The highest BCUT2D eigenvalue weighted by Gasteiger charge is 2.02. The SMILES string of the molecule is C=CC[C@@H](N)c1ccc(Br)nc1. The van der Waals surface area contributed by atoms with Crippen LogP contribution in [0.4, 0.5) is 0 Å². The fourth-order valence-electron chi connectivity index (χ4n) is 0.922. The Kier molecular flexibility index (Phi) is 3.44. The molecule has 1 heterocycles. The van der Waals surface area contributed by atoms with Crippen molar-refractivity contribution in [2.45, 2.75) is 12.5 Å². The molecule has 1 atom stereocenters. The summed E-state index contributed by atoms with van der Waals surface area (Å²) in [6.07, 6.45) is 4.37. The van der Waals surface area contributed by atoms with Gasteiger partial charge in [0.05, 0.1) is 0 Å². The Morgan fingerprint density at radius 2 is 2.42 bits per heavy atom. The largest absolute Gasteiger partial charge is 0.324 e. The number of nitrogens with two attached hydrogens (primary N) is 1. The van der Waals surface area contributed by atoms with Gasteiger partial charge in [0.25, 0.3) is 0 Å². The van der Waals surface area contributed by atoms with Crippen LogP contribution in [-0.4, -0.2) is 4.98 Å². The summed E-state index contributed by atoms with van der Waals surface area (Å²) in [5, 5.41) is 0. The second-order valence-electron chi connectivity index (χ2n) is 2.55. The molecule has 0 bridgehead atoms. The number of nitrogens with zero attached hydrogens (tertiary/aromatic N) is 1. The lowest BCUT2D eigenvalue weighted by atomic mass is 10.1. The predicted octanol–water partition coefficient (Wildman–Crippen LogP) is 2.42. The molecule has 2 N–H and O–H groups in total. The van der Waals surface area contributed by atoms with Crippen LogP contribution >= 0.6 is 15.9 Å². The number of aromatic nitrogens is 1. The lowest BCUT2D eigenvalue weighted by Gasteiger charge is -2.07. The number of rotatable bonds is 3. The van der Waals surface area contributed by atoms with Gasteiger partial charge in [-0.25, -0.2) is 4.98 Å². The zero-order valence-electron chi connectivity index (χ0n) is 6.70. The third kappa shape index (κ3) is 2.43. The van der Waals surface area contributed by atoms with Gasteiger partial charge in [-0.3, -0.25) is 0 Å². The molecule has 0 unspecified atom stereocenters. The molecule has 1 aromatic rings. The maximum Gasteiger partial charge on any atom is 0.106 e. The number of pyridine rings is 1. The number of halogens is 1. The molecular formula is C9H11BrN2. The molecule has 0 saturated heterocycles. The minimum Gasteiger partial charge on any atom is -0.324 e. The smallest absolute Gasteiger partial charge is 0.106 e. The summed E-state index contributed by atoms with van der Waals surface area (Å²) in [6.45, 7) is 3.63. The van der Waals surface area contributed by atoms with E-state index in [1.54, 1.807) is 6.20 Å². The van der Waals surface area contributed by atoms with Gasteiger partial charge in [0.15, 0.2) is 0 Å². The van der Waals surface area contributed by atoms with E-state index in [4.69, 9.17) is 5.73 Å². The average Bonchev–Trinajstić information content (AvgIpc) is 2.06. The first kappa shape index (κ1) is 9.42. The van der Waals surface area contributed by atoms with Gasteiger partial charge in [0, 0.05) is 12.2 Å². The van der Waals surface area contributed by atoms with Crippen molar-refractivity contribution in [3.05, 3.63) is 41.2 Å². The molecule has 0 spiro atoms. The Hall–Kier alpha value is -0.670. The fourth-order valence-corrected chi connectivity index (χ4v) is 1.16. The van der Waals surface area contributed by atoms with Crippen molar-refractivity contribution in [1.82, 2.24) is 4.98 Å². The highest BCUT2D eigenvalue weighted by atomic mass is 79.9. The van der Waals surface area contributed by atoms with Crippen LogP contribution in [0.2, 0.25) is 0 Å². The Morgan fingerprint density at radius 3 is 2.92 bits per heavy atom. The Labute approximate surface area is 80.6 Å². The Bertz CT molecular complexity index is 256. The molecular weight excluding hydrogens is 216 g/mol. The van der Waals surface area contributed by atoms with Crippen LogP contribution in [-0.2, 0) is 0 Å². The molecule has 1 aromatic heterocycles. The molecule has 0 aromatic carbocycles. The maximum absolute atomic E-state index is 5.83. The van der Waals surface area contributed by atoms with Crippen LogP contribution < -0.4 is 5.73 Å². The standard InChI is InChI=1S/C9H11BrN2/c1-2-3-8(11)7-4-5-9(10)12-6-7/h2,4-6,8H,1,3,11H2/t8-/m1/s1. The van der Waals surface area contributed by atoms with E-state index >= 15 is 0 Å². The van der Waals surface area contributed by atoms with Crippen molar-refractivity contribution in [2.75, 3.05) is 0 Å². The van der Waals surface area contributed by atoms with E-state index in [-0.39, 0.29) is 6.04 Å². The van der Waals surface area contributed by atoms with Crippen molar-refractivity contribution in [3.8, 4) is 0 Å². The quantitative estimate of drug-likeness (QED) is 0.636. The van der Waals surface area contributed by atoms with Crippen molar-refractivity contribution in [3.63, 3.8) is 0 Å². The number of hydrogen-bond donors (Lipinski definition) is 1. The highest BCUT2D eigenvalue weighted by molar-refractivity contribution is 9.10. The normalized spacial score (nSPS) is 12.5. The Balaban J connectivity index is 2.74. The molecule has 0 fully saturated rings. The first-order valence-electron chi connectivity index (χ1n) is 3.72. The molecule has 12 heavy (non-hydrogen) atoms. The molecule has 3 heteroatoms. The van der Waals surface area contributed by atoms with E-state index in [1.807, 2.05) is 18.2 Å². The average molecular weight is 227 g/mol. The minimum atomic E-state index is 0.0168. The first-order valence-corrected chi connectivity index (χ1v) is 4.51. The van der Waals surface area contributed by atoms with E-state index in [0.29, 0.717) is 0 Å². The second-order valence-corrected chi connectivity index (χ2v) is 3.36. The summed E-state index contributed by atoms with van der Waals surface area (Å²) in [5.41, 5.74) is 6.87. The van der Waals surface area contributed by atoms with Gasteiger partial charge in [-0.05, 0) is 34.0 Å². The third-order valence-corrected chi connectivity index (χ3v) is 2.07. The van der Waals surface area contributed by atoms with Gasteiger partial charge in [-0.2, -0.15) is 0 Å². The summed E-state index contributed by atoms with van der Waals surface area (Å²) >= 11 is 3.26. The van der Waals surface area contributed by atoms with Crippen LogP contribution in [0, 0.1) is 0 Å². The molecule has 0 saturated carbocycles. The van der Waals surface area contributed by atoms with Crippen LogP contribution in [0.25, 0.3) is 0 Å². The molecule has 1 rings (SSSR count). The van der Waals surface area contributed by atoms with Crippen LogP contribution in [0.1, 0.15) is 18.0 Å². The summed E-state index contributed by atoms with van der Waals surface area (Å²) in [6, 6.07) is 3.87. The third-order valence-electron chi connectivity index (χ3n) is 1.60. The van der Waals surface area contributed by atoms with E-state index in [0.717, 1.165) is 16.6 Å². The summed E-state index contributed by atoms with van der Waals surface area (Å²) in [4.78, 5) is 4.08. The van der Waals surface area contributed by atoms with E-state index in [2.05, 4.69) is 27.5 Å². The van der Waals surface area contributed by atoms with Crippen LogP contribution in [0.5, 0.6) is 0 Å². The minimum absolute atomic E-state index is 0.0168. The molecule has 0 radical (unpaired) electrons. The van der Waals surface area contributed by atoms with Gasteiger partial charge in [0.1, 0.15) is 4.60 Å². The second kappa shape index (κ2) is 4.38. The van der Waals surface area contributed by atoms with Gasteiger partial charge in [0.2, 0.25) is 0 Å². The topological polar surface area (TPSA) is 38.9 Å². The monoisotopic (exact) mass is 226 g/mol. The zero-order chi connectivity index (χ0) is 8.97. The van der Waals surface area contributed by atoms with Gasteiger partial charge < -0.3 is 5.73 Å².